The average molecular weight is 146 g/mol. The first-order chi connectivity index (χ1) is 4.83. The van der Waals surface area contributed by atoms with Gasteiger partial charge in [0.25, 0.3) is 0 Å². The number of hydrogen-bond acceptors (Lipinski definition) is 2. The predicted molar refractivity (Wildman–Crippen MR) is 39.9 cm³/mol. The van der Waals surface area contributed by atoms with Gasteiger partial charge in [-0.05, 0) is 20.0 Å². The van der Waals surface area contributed by atoms with Crippen molar-refractivity contribution in [1.29, 1.82) is 0 Å². The second-order valence-corrected chi connectivity index (χ2v) is 2.91. The van der Waals surface area contributed by atoms with Crippen molar-refractivity contribution in [2.45, 2.75) is 12.5 Å². The summed E-state index contributed by atoms with van der Waals surface area (Å²) in [5.74, 6) is 0. The minimum atomic E-state index is -0.199. The second kappa shape index (κ2) is 3.88. The zero-order chi connectivity index (χ0) is 7.40. The van der Waals surface area contributed by atoms with Crippen molar-refractivity contribution in [3.63, 3.8) is 0 Å². The lowest BCUT2D eigenvalue weighted by Crippen LogP contribution is -2.56. The molecule has 1 aliphatic rings. The monoisotopic (exact) mass is 146 g/mol. The van der Waals surface area contributed by atoms with Gasteiger partial charge in [-0.1, -0.05) is 0 Å². The van der Waals surface area contributed by atoms with E-state index in [4.69, 9.17) is 0 Å². The molecule has 1 heterocycles. The highest BCUT2D eigenvalue weighted by atomic mass is 19.1. The molecule has 0 aromatic rings. The molecule has 0 unspecified atom stereocenters. The fourth-order valence-electron chi connectivity index (χ4n) is 1.20. The molecule has 2 nitrogen and oxygen atoms in total. The molecular formula is C7H15FN2. The Hall–Kier alpha value is -0.150. The zero-order valence-corrected chi connectivity index (χ0v) is 6.44. The molecule has 0 atom stereocenters. The standard InChI is InChI=1S/C7H15FN2/c1-10-5-7(6-10)9-4-2-3-8/h7,9H,2-6H2,1H3. The molecule has 3 heteroatoms. The van der Waals surface area contributed by atoms with Gasteiger partial charge in [0.2, 0.25) is 0 Å². The van der Waals surface area contributed by atoms with Crippen LogP contribution in [0.15, 0.2) is 0 Å². The van der Waals surface area contributed by atoms with E-state index in [-0.39, 0.29) is 6.67 Å². The lowest BCUT2D eigenvalue weighted by atomic mass is 10.1. The van der Waals surface area contributed by atoms with Gasteiger partial charge < -0.3 is 10.2 Å². The first-order valence-electron chi connectivity index (χ1n) is 3.81. The van der Waals surface area contributed by atoms with E-state index in [1.807, 2.05) is 0 Å². The molecule has 0 aromatic heterocycles. The van der Waals surface area contributed by atoms with Crippen LogP contribution in [0.1, 0.15) is 6.42 Å². The highest BCUT2D eigenvalue weighted by Crippen LogP contribution is 2.02. The van der Waals surface area contributed by atoms with Crippen molar-refractivity contribution in [2.75, 3.05) is 33.4 Å². The van der Waals surface area contributed by atoms with Crippen molar-refractivity contribution in [3.05, 3.63) is 0 Å². The molecule has 1 N–H and O–H groups in total. The van der Waals surface area contributed by atoms with Crippen molar-refractivity contribution >= 4 is 0 Å². The summed E-state index contributed by atoms with van der Waals surface area (Å²) in [5, 5.41) is 3.27. The van der Waals surface area contributed by atoms with Gasteiger partial charge >= 0.3 is 0 Å². The van der Waals surface area contributed by atoms with Gasteiger partial charge in [0.15, 0.2) is 0 Å². The number of hydrogen-bond donors (Lipinski definition) is 1. The number of nitrogens with zero attached hydrogens (tertiary/aromatic N) is 1. The van der Waals surface area contributed by atoms with Crippen LogP contribution in [0, 0.1) is 0 Å². The van der Waals surface area contributed by atoms with Gasteiger partial charge in [0, 0.05) is 19.1 Å². The van der Waals surface area contributed by atoms with Crippen LogP contribution in [0.25, 0.3) is 0 Å². The molecule has 0 spiro atoms. The summed E-state index contributed by atoms with van der Waals surface area (Å²) >= 11 is 0. The molecule has 0 radical (unpaired) electrons. The maximum atomic E-state index is 11.6. The lowest BCUT2D eigenvalue weighted by Gasteiger charge is -2.36. The van der Waals surface area contributed by atoms with Crippen molar-refractivity contribution in [3.8, 4) is 0 Å². The Morgan fingerprint density at radius 2 is 2.30 bits per heavy atom. The fraction of sp³-hybridized carbons (Fsp3) is 1.00. The molecule has 0 bridgehead atoms. The van der Waals surface area contributed by atoms with E-state index < -0.39 is 0 Å². The van der Waals surface area contributed by atoms with E-state index >= 15 is 0 Å². The highest BCUT2D eigenvalue weighted by molar-refractivity contribution is 4.82. The van der Waals surface area contributed by atoms with Crippen LogP contribution in [-0.4, -0.2) is 44.3 Å². The third-order valence-corrected chi connectivity index (χ3v) is 1.81. The third-order valence-electron chi connectivity index (χ3n) is 1.81. The third kappa shape index (κ3) is 2.23. The van der Waals surface area contributed by atoms with Gasteiger partial charge in [-0.25, -0.2) is 0 Å². The molecule has 0 saturated carbocycles. The smallest absolute Gasteiger partial charge is 0.0906 e. The highest BCUT2D eigenvalue weighted by Gasteiger charge is 2.21. The van der Waals surface area contributed by atoms with Crippen LogP contribution in [0.3, 0.4) is 0 Å². The molecular weight excluding hydrogens is 131 g/mol. The Morgan fingerprint density at radius 1 is 1.60 bits per heavy atom. The fourth-order valence-corrected chi connectivity index (χ4v) is 1.20. The van der Waals surface area contributed by atoms with Crippen LogP contribution in [0.5, 0.6) is 0 Å². The molecule has 1 rings (SSSR count). The molecule has 1 saturated heterocycles. The Bertz CT molecular complexity index is 91.6. The van der Waals surface area contributed by atoms with E-state index in [0.717, 1.165) is 19.6 Å². The summed E-state index contributed by atoms with van der Waals surface area (Å²) in [6, 6.07) is 0.622. The van der Waals surface area contributed by atoms with E-state index in [0.29, 0.717) is 12.5 Å². The Kier molecular flexibility index (Phi) is 3.09. The average Bonchev–Trinajstić information content (AvgIpc) is 1.85. The summed E-state index contributed by atoms with van der Waals surface area (Å²) in [6.45, 7) is 2.86. The molecule has 0 aromatic carbocycles. The van der Waals surface area contributed by atoms with Crippen molar-refractivity contribution in [2.24, 2.45) is 0 Å². The first kappa shape index (κ1) is 7.95. The van der Waals surface area contributed by atoms with E-state index in [2.05, 4.69) is 17.3 Å². The SMILES string of the molecule is CN1CC(NCCCF)C1. The molecule has 60 valence electrons. The zero-order valence-electron chi connectivity index (χ0n) is 6.44. The summed E-state index contributed by atoms with van der Waals surface area (Å²) in [5.41, 5.74) is 0. The van der Waals surface area contributed by atoms with E-state index in [9.17, 15) is 4.39 Å². The number of nitrogens with one attached hydrogen (secondary N) is 1. The molecule has 0 amide bonds. The maximum absolute atomic E-state index is 11.6. The summed E-state index contributed by atoms with van der Waals surface area (Å²) in [6.07, 6.45) is 0.653. The van der Waals surface area contributed by atoms with E-state index in [1.165, 1.54) is 0 Å². The normalized spacial score (nSPS) is 21.0. The summed E-state index contributed by atoms with van der Waals surface area (Å²) in [4.78, 5) is 2.24. The van der Waals surface area contributed by atoms with Gasteiger partial charge in [0.05, 0.1) is 6.67 Å². The minimum Gasteiger partial charge on any atom is -0.311 e. The Labute approximate surface area is 61.4 Å². The molecule has 1 fully saturated rings. The lowest BCUT2D eigenvalue weighted by molar-refractivity contribution is 0.161. The largest absolute Gasteiger partial charge is 0.311 e. The van der Waals surface area contributed by atoms with E-state index in [1.54, 1.807) is 0 Å². The van der Waals surface area contributed by atoms with Crippen LogP contribution in [-0.2, 0) is 0 Å². The maximum Gasteiger partial charge on any atom is 0.0906 e. The van der Waals surface area contributed by atoms with Gasteiger partial charge in [-0.15, -0.1) is 0 Å². The van der Waals surface area contributed by atoms with Gasteiger partial charge in [-0.3, -0.25) is 4.39 Å². The number of rotatable bonds is 4. The van der Waals surface area contributed by atoms with Crippen molar-refractivity contribution in [1.82, 2.24) is 10.2 Å². The Balaban J connectivity index is 1.86. The number of halogens is 1. The van der Waals surface area contributed by atoms with Crippen molar-refractivity contribution < 1.29 is 4.39 Å². The number of likely N-dealkylation sites (N-methyl/N-ethyl adjacent to an activating group) is 1. The minimum absolute atomic E-state index is 0.199. The van der Waals surface area contributed by atoms with Crippen LogP contribution >= 0.6 is 0 Å². The Morgan fingerprint density at radius 3 is 2.80 bits per heavy atom. The topological polar surface area (TPSA) is 15.3 Å². The van der Waals surface area contributed by atoms with Crippen LogP contribution in [0.2, 0.25) is 0 Å². The predicted octanol–water partition coefficient (Wildman–Crippen LogP) is 0.250. The quantitative estimate of drug-likeness (QED) is 0.572. The van der Waals surface area contributed by atoms with Gasteiger partial charge in [-0.2, -0.15) is 0 Å². The van der Waals surface area contributed by atoms with Crippen LogP contribution in [0.4, 0.5) is 4.39 Å². The van der Waals surface area contributed by atoms with Crippen LogP contribution < -0.4 is 5.32 Å². The summed E-state index contributed by atoms with van der Waals surface area (Å²) in [7, 11) is 2.09. The first-order valence-corrected chi connectivity index (χ1v) is 3.81. The summed E-state index contributed by atoms with van der Waals surface area (Å²) < 4.78 is 11.6. The second-order valence-electron chi connectivity index (χ2n) is 2.91. The number of likely N-dealkylation sites (tertiary alicyclic amines) is 1. The molecule has 0 aliphatic carbocycles. The molecule has 10 heavy (non-hydrogen) atoms. The van der Waals surface area contributed by atoms with Gasteiger partial charge in [0.1, 0.15) is 0 Å². The molecule has 1 aliphatic heterocycles. The number of alkyl halides is 1.